The Morgan fingerprint density at radius 2 is 2.35 bits per heavy atom. The molecule has 2 unspecified atom stereocenters. The smallest absolute Gasteiger partial charge is 0.223 e. The molecule has 17 heavy (non-hydrogen) atoms. The number of allylic oxidation sites excluding steroid dienone is 1. The lowest BCUT2D eigenvalue weighted by atomic mass is 10.0. The number of hydrogen-bond acceptors (Lipinski definition) is 3. The van der Waals surface area contributed by atoms with E-state index >= 15 is 0 Å². The maximum atomic E-state index is 11.6. The number of rotatable bonds is 1. The van der Waals surface area contributed by atoms with Crippen molar-refractivity contribution in [3.05, 3.63) is 23.8 Å². The monoisotopic (exact) mass is 231 g/mol. The van der Waals surface area contributed by atoms with Gasteiger partial charge in [0.1, 0.15) is 11.9 Å². The Morgan fingerprint density at radius 1 is 1.53 bits per heavy atom. The average Bonchev–Trinajstić information content (AvgIpc) is 2.80. The summed E-state index contributed by atoms with van der Waals surface area (Å²) < 4.78 is 0.563. The van der Waals surface area contributed by atoms with Crippen molar-refractivity contribution in [2.45, 2.75) is 6.42 Å². The van der Waals surface area contributed by atoms with Crippen LogP contribution in [0.4, 0.5) is 0 Å². The van der Waals surface area contributed by atoms with Crippen LogP contribution in [-0.4, -0.2) is 48.5 Å². The van der Waals surface area contributed by atoms with Crippen LogP contribution in [0.15, 0.2) is 33.8 Å². The molecule has 0 saturated carbocycles. The molecule has 0 spiro atoms. The standard InChI is InChI=1S/C12H15N4O/c1-15-7-9(5-11(15)17)12-10-6-13-3-4-16(10,2)8-14-12/h3-4,6,8-9H,5,7H2,1-2H3/q+1. The van der Waals surface area contributed by atoms with Crippen molar-refractivity contribution in [3.8, 4) is 0 Å². The Kier molecular flexibility index (Phi) is 2.06. The van der Waals surface area contributed by atoms with Gasteiger partial charge >= 0.3 is 0 Å². The zero-order chi connectivity index (χ0) is 12.0. The number of aliphatic imine (C=N–C) groups is 2. The summed E-state index contributed by atoms with van der Waals surface area (Å²) in [5, 5.41) is 0. The van der Waals surface area contributed by atoms with Gasteiger partial charge in [0.05, 0.1) is 19.5 Å². The molecule has 1 amide bonds. The number of amides is 1. The van der Waals surface area contributed by atoms with Gasteiger partial charge in [-0.3, -0.25) is 9.79 Å². The van der Waals surface area contributed by atoms with Crippen LogP contribution in [0.5, 0.6) is 0 Å². The molecule has 3 aliphatic heterocycles. The second-order valence-electron chi connectivity index (χ2n) is 4.91. The largest absolute Gasteiger partial charge is 0.345 e. The highest BCUT2D eigenvalue weighted by Gasteiger charge is 2.40. The van der Waals surface area contributed by atoms with Crippen LogP contribution in [0.1, 0.15) is 6.42 Å². The van der Waals surface area contributed by atoms with Crippen LogP contribution in [0, 0.1) is 5.92 Å². The fraction of sp³-hybridized carbons (Fsp3) is 0.417. The van der Waals surface area contributed by atoms with Crippen molar-refractivity contribution < 1.29 is 9.28 Å². The van der Waals surface area contributed by atoms with Crippen LogP contribution in [0.3, 0.4) is 0 Å². The lowest BCUT2D eigenvalue weighted by Crippen LogP contribution is -2.35. The lowest BCUT2D eigenvalue weighted by Gasteiger charge is -2.23. The minimum atomic E-state index is 0.197. The maximum absolute atomic E-state index is 11.6. The number of quaternary nitrogens is 1. The summed E-state index contributed by atoms with van der Waals surface area (Å²) in [6.45, 7) is 0.757. The summed E-state index contributed by atoms with van der Waals surface area (Å²) in [6, 6.07) is 0. The summed E-state index contributed by atoms with van der Waals surface area (Å²) >= 11 is 0. The first-order valence-electron chi connectivity index (χ1n) is 5.71. The number of nitrogens with zero attached hydrogens (tertiary/aromatic N) is 4. The van der Waals surface area contributed by atoms with E-state index in [2.05, 4.69) is 17.0 Å². The summed E-state index contributed by atoms with van der Waals surface area (Å²) in [5.74, 6) is 0.402. The number of likely N-dealkylation sites (tertiary alicyclic amines) is 1. The van der Waals surface area contributed by atoms with Gasteiger partial charge in [0.15, 0.2) is 12.0 Å². The van der Waals surface area contributed by atoms with Gasteiger partial charge in [0.25, 0.3) is 0 Å². The number of fused-ring (bicyclic) bond motifs is 1. The summed E-state index contributed by atoms with van der Waals surface area (Å²) in [5.41, 5.74) is 2.10. The summed E-state index contributed by atoms with van der Waals surface area (Å²) in [4.78, 5) is 22.0. The molecule has 3 rings (SSSR count). The second-order valence-corrected chi connectivity index (χ2v) is 4.91. The van der Waals surface area contributed by atoms with Gasteiger partial charge in [-0.05, 0) is 0 Å². The van der Waals surface area contributed by atoms with Crippen molar-refractivity contribution in [2.24, 2.45) is 15.9 Å². The van der Waals surface area contributed by atoms with Crippen LogP contribution in [-0.2, 0) is 4.79 Å². The Bertz CT molecular complexity index is 503. The molecule has 3 aliphatic rings. The van der Waals surface area contributed by atoms with E-state index in [4.69, 9.17) is 0 Å². The Labute approximate surface area is 100 Å². The second kappa shape index (κ2) is 3.37. The van der Waals surface area contributed by atoms with E-state index in [1.807, 2.05) is 25.8 Å². The van der Waals surface area contributed by atoms with Gasteiger partial charge in [-0.1, -0.05) is 0 Å². The SMILES string of the molecule is CN1CC(C2=C3C=NC=C[N+]3(C)C=N2)CC1=O. The van der Waals surface area contributed by atoms with Crippen molar-refractivity contribution in [1.29, 1.82) is 0 Å². The minimum Gasteiger partial charge on any atom is -0.345 e. The molecule has 88 valence electrons. The first-order chi connectivity index (χ1) is 8.10. The van der Waals surface area contributed by atoms with Crippen LogP contribution in [0.2, 0.25) is 0 Å². The molecule has 0 aromatic carbocycles. The van der Waals surface area contributed by atoms with E-state index < -0.39 is 0 Å². The molecule has 0 radical (unpaired) electrons. The van der Waals surface area contributed by atoms with Gasteiger partial charge in [0, 0.05) is 25.9 Å². The quantitative estimate of drug-likeness (QED) is 0.613. The van der Waals surface area contributed by atoms with E-state index in [-0.39, 0.29) is 11.8 Å². The van der Waals surface area contributed by atoms with Crippen molar-refractivity contribution in [1.82, 2.24) is 4.90 Å². The number of carbonyl (C=O) groups excluding carboxylic acids is 1. The van der Waals surface area contributed by atoms with Gasteiger partial charge in [-0.25, -0.2) is 9.48 Å². The van der Waals surface area contributed by atoms with Crippen molar-refractivity contribution in [3.63, 3.8) is 0 Å². The molecular formula is C12H15N4O+. The summed E-state index contributed by atoms with van der Waals surface area (Å²) in [6.07, 6.45) is 8.08. The van der Waals surface area contributed by atoms with E-state index in [1.165, 1.54) is 0 Å². The maximum Gasteiger partial charge on any atom is 0.223 e. The van der Waals surface area contributed by atoms with E-state index in [0.717, 1.165) is 17.9 Å². The molecule has 0 aliphatic carbocycles. The third-order valence-corrected chi connectivity index (χ3v) is 3.61. The third kappa shape index (κ3) is 1.46. The molecule has 0 aromatic rings. The first-order valence-corrected chi connectivity index (χ1v) is 5.71. The highest BCUT2D eigenvalue weighted by Crippen LogP contribution is 2.34. The van der Waals surface area contributed by atoms with Crippen molar-refractivity contribution >= 4 is 18.5 Å². The van der Waals surface area contributed by atoms with Crippen LogP contribution >= 0.6 is 0 Å². The van der Waals surface area contributed by atoms with Crippen LogP contribution in [0.25, 0.3) is 0 Å². The molecular weight excluding hydrogens is 216 g/mol. The third-order valence-electron chi connectivity index (χ3n) is 3.61. The summed E-state index contributed by atoms with van der Waals surface area (Å²) in [7, 11) is 3.91. The van der Waals surface area contributed by atoms with Gasteiger partial charge in [-0.15, -0.1) is 0 Å². The Morgan fingerprint density at radius 3 is 3.06 bits per heavy atom. The highest BCUT2D eigenvalue weighted by molar-refractivity contribution is 5.85. The fourth-order valence-corrected chi connectivity index (χ4v) is 2.52. The fourth-order valence-electron chi connectivity index (χ4n) is 2.52. The topological polar surface area (TPSA) is 45.0 Å². The molecule has 2 atom stereocenters. The number of hydrogen-bond donors (Lipinski definition) is 0. The number of carbonyl (C=O) groups is 1. The van der Waals surface area contributed by atoms with Crippen molar-refractivity contribution in [2.75, 3.05) is 20.6 Å². The molecule has 1 fully saturated rings. The zero-order valence-electron chi connectivity index (χ0n) is 10.00. The highest BCUT2D eigenvalue weighted by atomic mass is 16.2. The van der Waals surface area contributed by atoms with Gasteiger partial charge < -0.3 is 4.90 Å². The molecule has 0 bridgehead atoms. The molecule has 1 saturated heterocycles. The molecule has 0 aromatic heterocycles. The minimum absolute atomic E-state index is 0.197. The first kappa shape index (κ1) is 10.4. The predicted molar refractivity (Wildman–Crippen MR) is 65.1 cm³/mol. The van der Waals surface area contributed by atoms with Gasteiger partial charge in [0.2, 0.25) is 5.91 Å². The molecule has 3 heterocycles. The Hall–Kier alpha value is -1.75. The predicted octanol–water partition coefficient (Wildman–Crippen LogP) is 0.720. The molecule has 5 heteroatoms. The zero-order valence-corrected chi connectivity index (χ0v) is 10.00. The van der Waals surface area contributed by atoms with E-state index in [9.17, 15) is 4.79 Å². The molecule has 5 nitrogen and oxygen atoms in total. The van der Waals surface area contributed by atoms with Crippen LogP contribution < -0.4 is 0 Å². The normalized spacial score (nSPS) is 35.1. The van der Waals surface area contributed by atoms with Gasteiger partial charge in [-0.2, -0.15) is 0 Å². The average molecular weight is 231 g/mol. The Balaban J connectivity index is 1.97. The molecule has 0 N–H and O–H groups in total. The van der Waals surface area contributed by atoms with E-state index in [0.29, 0.717) is 10.9 Å². The lowest BCUT2D eigenvalue weighted by molar-refractivity contribution is -0.706. The van der Waals surface area contributed by atoms with E-state index in [1.54, 1.807) is 11.1 Å².